The number of likely N-dealkylation sites (N-methyl/N-ethyl adjacent to an activating group) is 1. The summed E-state index contributed by atoms with van der Waals surface area (Å²) in [4.78, 5) is 26.9. The van der Waals surface area contributed by atoms with Gasteiger partial charge in [-0.05, 0) is 30.8 Å². The van der Waals surface area contributed by atoms with E-state index in [1.165, 1.54) is 7.11 Å². The first kappa shape index (κ1) is 19.9. The molecule has 2 aliphatic rings. The Morgan fingerprint density at radius 3 is 2.80 bits per heavy atom. The Balaban J connectivity index is 1.81. The van der Waals surface area contributed by atoms with Crippen molar-refractivity contribution in [1.82, 2.24) is 4.90 Å². The standard InChI is InChI=1S/C22H23N3O5/c1-4-11-30-18-10-9-14(12-19(18)29-3)15-13-24(2)22(20(15)25(27)28)16-7-5-6-8-17(16)23-21(22)26/h4-10,12,15,20H,1,11,13H2,2-3H3,(H,23,26)/t15-,20+,22+/m0/s1. The minimum atomic E-state index is -1.37. The van der Waals surface area contributed by atoms with Crippen LogP contribution in [0.15, 0.2) is 55.1 Å². The Hall–Kier alpha value is -3.39. The van der Waals surface area contributed by atoms with E-state index in [1.54, 1.807) is 60.5 Å². The van der Waals surface area contributed by atoms with Gasteiger partial charge in [0, 0.05) is 22.7 Å². The minimum absolute atomic E-state index is 0.319. The SMILES string of the molecule is C=CCOc1ccc([C@@H]2CN(C)[C@@]3(C(=O)Nc4ccccc43)[C@@H]2[N+](=O)[O-])cc1OC. The summed E-state index contributed by atoms with van der Waals surface area (Å²) in [6.07, 6.45) is 1.63. The van der Waals surface area contributed by atoms with Gasteiger partial charge in [-0.1, -0.05) is 36.9 Å². The van der Waals surface area contributed by atoms with E-state index in [0.29, 0.717) is 35.9 Å². The lowest BCUT2D eigenvalue weighted by Gasteiger charge is -2.30. The van der Waals surface area contributed by atoms with Crippen molar-refractivity contribution in [3.63, 3.8) is 0 Å². The fourth-order valence-corrected chi connectivity index (χ4v) is 4.76. The quantitative estimate of drug-likeness (QED) is 0.448. The zero-order valence-corrected chi connectivity index (χ0v) is 16.8. The van der Waals surface area contributed by atoms with Gasteiger partial charge in [0.05, 0.1) is 13.0 Å². The van der Waals surface area contributed by atoms with Crippen LogP contribution in [0.5, 0.6) is 11.5 Å². The molecule has 2 aliphatic heterocycles. The molecule has 0 aromatic heterocycles. The van der Waals surface area contributed by atoms with Crippen LogP contribution in [0.2, 0.25) is 0 Å². The topological polar surface area (TPSA) is 93.9 Å². The van der Waals surface area contributed by atoms with E-state index >= 15 is 0 Å². The van der Waals surface area contributed by atoms with Crippen LogP contribution in [0.4, 0.5) is 5.69 Å². The van der Waals surface area contributed by atoms with Gasteiger partial charge >= 0.3 is 0 Å². The number of hydrogen-bond donors (Lipinski definition) is 1. The molecule has 0 saturated carbocycles. The summed E-state index contributed by atoms with van der Waals surface area (Å²) >= 11 is 0. The molecule has 8 heteroatoms. The lowest BCUT2D eigenvalue weighted by molar-refractivity contribution is -0.534. The summed E-state index contributed by atoms with van der Waals surface area (Å²) in [6, 6.07) is 11.3. The molecule has 1 spiro atoms. The van der Waals surface area contributed by atoms with Gasteiger partial charge in [0.1, 0.15) is 6.61 Å². The maximum absolute atomic E-state index is 13.1. The van der Waals surface area contributed by atoms with Crippen LogP contribution >= 0.6 is 0 Å². The summed E-state index contributed by atoms with van der Waals surface area (Å²) in [5.41, 5.74) is 0.614. The first-order chi connectivity index (χ1) is 14.4. The molecule has 3 atom stereocenters. The molecule has 8 nitrogen and oxygen atoms in total. The van der Waals surface area contributed by atoms with Gasteiger partial charge in [0.15, 0.2) is 17.0 Å². The largest absolute Gasteiger partial charge is 0.493 e. The summed E-state index contributed by atoms with van der Waals surface area (Å²) in [5.74, 6) is 0.137. The molecule has 0 unspecified atom stereocenters. The van der Waals surface area contributed by atoms with E-state index in [0.717, 1.165) is 5.56 Å². The van der Waals surface area contributed by atoms with E-state index in [9.17, 15) is 14.9 Å². The lowest BCUT2D eigenvalue weighted by atomic mass is 9.79. The average molecular weight is 409 g/mol. The average Bonchev–Trinajstić information content (AvgIpc) is 3.22. The Kier molecular flexibility index (Phi) is 4.95. The molecule has 1 N–H and O–H groups in total. The summed E-state index contributed by atoms with van der Waals surface area (Å²) < 4.78 is 11.0. The third kappa shape index (κ3) is 2.75. The van der Waals surface area contributed by atoms with Crippen molar-refractivity contribution < 1.29 is 19.2 Å². The number of methoxy groups -OCH3 is 1. The van der Waals surface area contributed by atoms with Crippen molar-refractivity contribution in [2.75, 3.05) is 32.6 Å². The van der Waals surface area contributed by atoms with Gasteiger partial charge in [0.2, 0.25) is 0 Å². The Morgan fingerprint density at radius 1 is 1.33 bits per heavy atom. The van der Waals surface area contributed by atoms with Crippen LogP contribution in [0, 0.1) is 10.1 Å². The predicted molar refractivity (Wildman–Crippen MR) is 112 cm³/mol. The molecular weight excluding hydrogens is 386 g/mol. The van der Waals surface area contributed by atoms with Gasteiger partial charge in [-0.25, -0.2) is 0 Å². The first-order valence-electron chi connectivity index (χ1n) is 9.62. The van der Waals surface area contributed by atoms with Crippen molar-refractivity contribution in [3.8, 4) is 11.5 Å². The summed E-state index contributed by atoms with van der Waals surface area (Å²) in [7, 11) is 3.28. The first-order valence-corrected chi connectivity index (χ1v) is 9.62. The highest BCUT2D eigenvalue weighted by molar-refractivity contribution is 6.06. The molecule has 1 saturated heterocycles. The molecule has 1 amide bonds. The molecule has 2 aromatic rings. The number of anilines is 1. The second-order valence-electron chi connectivity index (χ2n) is 7.49. The highest BCUT2D eigenvalue weighted by atomic mass is 16.6. The third-order valence-corrected chi connectivity index (χ3v) is 6.01. The fraction of sp³-hybridized carbons (Fsp3) is 0.318. The number of carbonyl (C=O) groups excluding carboxylic acids is 1. The summed E-state index contributed by atoms with van der Waals surface area (Å²) in [5, 5.41) is 15.2. The van der Waals surface area contributed by atoms with Crippen molar-refractivity contribution in [1.29, 1.82) is 0 Å². The van der Waals surface area contributed by atoms with Gasteiger partial charge in [-0.15, -0.1) is 0 Å². The van der Waals surface area contributed by atoms with Gasteiger partial charge in [0.25, 0.3) is 11.9 Å². The lowest BCUT2D eigenvalue weighted by Crippen LogP contribution is -2.54. The Bertz CT molecular complexity index is 1020. The minimum Gasteiger partial charge on any atom is -0.493 e. The second-order valence-corrected chi connectivity index (χ2v) is 7.49. The Labute approximate surface area is 174 Å². The van der Waals surface area contributed by atoms with Crippen LogP contribution in [0.3, 0.4) is 0 Å². The smallest absolute Gasteiger partial charge is 0.256 e. The number of para-hydroxylation sites is 1. The number of carbonyl (C=O) groups is 1. The van der Waals surface area contributed by atoms with Gasteiger partial charge in [-0.2, -0.15) is 0 Å². The van der Waals surface area contributed by atoms with Crippen LogP contribution in [0.1, 0.15) is 17.0 Å². The molecule has 156 valence electrons. The van der Waals surface area contributed by atoms with E-state index in [4.69, 9.17) is 9.47 Å². The zero-order chi connectivity index (χ0) is 21.5. The van der Waals surface area contributed by atoms with Crippen LogP contribution in [0.25, 0.3) is 0 Å². The number of benzene rings is 2. The van der Waals surface area contributed by atoms with Crippen molar-refractivity contribution in [2.24, 2.45) is 0 Å². The second kappa shape index (κ2) is 7.46. The van der Waals surface area contributed by atoms with Crippen molar-refractivity contribution in [3.05, 3.63) is 76.4 Å². The highest BCUT2D eigenvalue weighted by Gasteiger charge is 2.68. The Morgan fingerprint density at radius 2 is 2.10 bits per heavy atom. The van der Waals surface area contributed by atoms with Gasteiger partial charge < -0.3 is 14.8 Å². The van der Waals surface area contributed by atoms with Crippen LogP contribution < -0.4 is 14.8 Å². The van der Waals surface area contributed by atoms with Gasteiger partial charge in [-0.3, -0.25) is 19.8 Å². The number of rotatable bonds is 6. The molecule has 2 heterocycles. The number of amides is 1. The zero-order valence-electron chi connectivity index (χ0n) is 16.8. The number of ether oxygens (including phenoxy) is 2. The maximum Gasteiger partial charge on any atom is 0.256 e. The van der Waals surface area contributed by atoms with Crippen molar-refractivity contribution in [2.45, 2.75) is 17.5 Å². The molecule has 0 radical (unpaired) electrons. The number of nitrogens with zero attached hydrogens (tertiary/aromatic N) is 2. The normalized spacial score (nSPS) is 25.1. The molecule has 1 fully saturated rings. The van der Waals surface area contributed by atoms with E-state index in [1.807, 2.05) is 0 Å². The number of nitrogens with one attached hydrogen (secondary N) is 1. The molecule has 2 aromatic carbocycles. The molecule has 0 aliphatic carbocycles. The highest BCUT2D eigenvalue weighted by Crippen LogP contribution is 2.52. The predicted octanol–water partition coefficient (Wildman–Crippen LogP) is 2.78. The monoisotopic (exact) mass is 409 g/mol. The van der Waals surface area contributed by atoms with E-state index in [-0.39, 0.29) is 10.8 Å². The van der Waals surface area contributed by atoms with E-state index in [2.05, 4.69) is 11.9 Å². The number of nitro groups is 1. The molecule has 4 rings (SSSR count). The molecule has 0 bridgehead atoms. The molecule has 30 heavy (non-hydrogen) atoms. The molecular formula is C22H23N3O5. The van der Waals surface area contributed by atoms with Crippen molar-refractivity contribution >= 4 is 11.6 Å². The summed E-state index contributed by atoms with van der Waals surface area (Å²) in [6.45, 7) is 4.30. The van der Waals surface area contributed by atoms with Crippen LogP contribution in [-0.4, -0.2) is 49.1 Å². The fourth-order valence-electron chi connectivity index (χ4n) is 4.76. The van der Waals surface area contributed by atoms with E-state index < -0.39 is 17.5 Å². The van der Waals surface area contributed by atoms with Crippen LogP contribution in [-0.2, 0) is 10.3 Å². The number of likely N-dealkylation sites (tertiary alicyclic amines) is 1. The maximum atomic E-state index is 13.1. The number of fused-ring (bicyclic) bond motifs is 2. The third-order valence-electron chi connectivity index (χ3n) is 6.01. The number of hydrogen-bond acceptors (Lipinski definition) is 6.